The van der Waals surface area contributed by atoms with E-state index in [2.05, 4.69) is 10.6 Å². The van der Waals surface area contributed by atoms with E-state index in [4.69, 9.17) is 11.6 Å². The molecule has 2 aromatic carbocycles. The number of phenols is 1. The molecule has 22 heavy (non-hydrogen) atoms. The van der Waals surface area contributed by atoms with E-state index in [1.165, 1.54) is 0 Å². The number of amides is 1. The van der Waals surface area contributed by atoms with Crippen molar-refractivity contribution in [1.29, 1.82) is 0 Å². The first-order valence-corrected chi connectivity index (χ1v) is 7.63. The van der Waals surface area contributed by atoms with E-state index in [-0.39, 0.29) is 17.7 Å². The number of hydrogen-bond donors (Lipinski definition) is 3. The fourth-order valence-corrected chi connectivity index (χ4v) is 3.90. The van der Waals surface area contributed by atoms with Gasteiger partial charge in [0.15, 0.2) is 0 Å². The lowest BCUT2D eigenvalue weighted by Crippen LogP contribution is -2.39. The van der Waals surface area contributed by atoms with Crippen molar-refractivity contribution in [1.82, 2.24) is 5.32 Å². The van der Waals surface area contributed by atoms with Crippen molar-refractivity contribution < 1.29 is 9.90 Å². The van der Waals surface area contributed by atoms with E-state index >= 15 is 0 Å². The molecule has 4 rings (SSSR count). The standard InChI is InChI=1S/C17H15ClN2O2/c18-12-9-10(5-6-14(12)21)15-17(7-8-19-15)11-3-1-2-4-13(11)20-16(17)22/h1-6,9,15,19,21H,7-8H2,(H,20,22)/t15-,17-/m0/s1. The molecular formula is C17H15ClN2O2. The van der Waals surface area contributed by atoms with Crippen LogP contribution in [0.2, 0.25) is 5.02 Å². The highest BCUT2D eigenvalue weighted by atomic mass is 35.5. The van der Waals surface area contributed by atoms with Crippen LogP contribution < -0.4 is 10.6 Å². The minimum atomic E-state index is -0.614. The zero-order valence-corrected chi connectivity index (χ0v) is 12.5. The van der Waals surface area contributed by atoms with Gasteiger partial charge in [-0.15, -0.1) is 0 Å². The van der Waals surface area contributed by atoms with Gasteiger partial charge < -0.3 is 15.7 Å². The van der Waals surface area contributed by atoms with E-state index in [0.29, 0.717) is 5.02 Å². The van der Waals surface area contributed by atoms with E-state index in [1.54, 1.807) is 12.1 Å². The molecule has 1 spiro atoms. The van der Waals surface area contributed by atoms with Crippen LogP contribution in [0.25, 0.3) is 0 Å². The number of carbonyl (C=O) groups excluding carboxylic acids is 1. The second-order valence-electron chi connectivity index (χ2n) is 5.82. The number of aromatic hydroxyl groups is 1. The van der Waals surface area contributed by atoms with Gasteiger partial charge in [-0.05, 0) is 42.3 Å². The molecule has 0 radical (unpaired) electrons. The van der Waals surface area contributed by atoms with Crippen LogP contribution in [0.4, 0.5) is 5.69 Å². The lowest BCUT2D eigenvalue weighted by atomic mass is 9.73. The van der Waals surface area contributed by atoms with E-state index < -0.39 is 5.41 Å². The third-order valence-corrected chi connectivity index (χ3v) is 5.03. The molecule has 2 aromatic rings. The Labute approximate surface area is 133 Å². The number of nitrogens with one attached hydrogen (secondary N) is 2. The van der Waals surface area contributed by atoms with Crippen molar-refractivity contribution >= 4 is 23.2 Å². The summed E-state index contributed by atoms with van der Waals surface area (Å²) in [5.41, 5.74) is 2.20. The largest absolute Gasteiger partial charge is 0.506 e. The van der Waals surface area contributed by atoms with Crippen LogP contribution in [-0.2, 0) is 10.2 Å². The van der Waals surface area contributed by atoms with Crippen LogP contribution in [0.1, 0.15) is 23.6 Å². The Morgan fingerprint density at radius 1 is 1.23 bits per heavy atom. The molecule has 1 saturated heterocycles. The predicted molar refractivity (Wildman–Crippen MR) is 85.2 cm³/mol. The molecule has 0 aromatic heterocycles. The third kappa shape index (κ3) is 1.71. The molecule has 5 heteroatoms. The number of halogens is 1. The van der Waals surface area contributed by atoms with Gasteiger partial charge in [-0.2, -0.15) is 0 Å². The monoisotopic (exact) mass is 314 g/mol. The summed E-state index contributed by atoms with van der Waals surface area (Å²) in [4.78, 5) is 12.8. The average molecular weight is 315 g/mol. The lowest BCUT2D eigenvalue weighted by molar-refractivity contribution is -0.121. The summed E-state index contributed by atoms with van der Waals surface area (Å²) in [6.45, 7) is 0.755. The van der Waals surface area contributed by atoms with E-state index in [1.807, 2.05) is 30.3 Å². The number of para-hydroxylation sites is 1. The van der Waals surface area contributed by atoms with Crippen LogP contribution >= 0.6 is 11.6 Å². The highest BCUT2D eigenvalue weighted by Crippen LogP contribution is 2.51. The zero-order chi connectivity index (χ0) is 15.3. The smallest absolute Gasteiger partial charge is 0.237 e. The zero-order valence-electron chi connectivity index (χ0n) is 11.8. The van der Waals surface area contributed by atoms with Crippen LogP contribution in [0.3, 0.4) is 0 Å². The second-order valence-corrected chi connectivity index (χ2v) is 6.23. The third-order valence-electron chi connectivity index (χ3n) is 4.73. The van der Waals surface area contributed by atoms with Crippen LogP contribution in [-0.4, -0.2) is 17.6 Å². The van der Waals surface area contributed by atoms with Gasteiger partial charge >= 0.3 is 0 Å². The van der Waals surface area contributed by atoms with Gasteiger partial charge in [-0.3, -0.25) is 4.79 Å². The Morgan fingerprint density at radius 3 is 2.86 bits per heavy atom. The summed E-state index contributed by atoms with van der Waals surface area (Å²) < 4.78 is 0. The van der Waals surface area contributed by atoms with Crippen molar-refractivity contribution in [3.63, 3.8) is 0 Å². The fourth-order valence-electron chi connectivity index (χ4n) is 3.71. The topological polar surface area (TPSA) is 61.4 Å². The number of rotatable bonds is 1. The fraction of sp³-hybridized carbons (Fsp3) is 0.235. The van der Waals surface area contributed by atoms with Gasteiger partial charge in [-0.1, -0.05) is 35.9 Å². The minimum absolute atomic E-state index is 0.0212. The van der Waals surface area contributed by atoms with E-state index in [9.17, 15) is 9.90 Å². The summed E-state index contributed by atoms with van der Waals surface area (Å²) in [6.07, 6.45) is 0.735. The Morgan fingerprint density at radius 2 is 2.05 bits per heavy atom. The molecule has 112 valence electrons. The maximum atomic E-state index is 12.8. The minimum Gasteiger partial charge on any atom is -0.506 e. The Balaban J connectivity index is 1.87. The molecule has 2 atom stereocenters. The van der Waals surface area contributed by atoms with Crippen molar-refractivity contribution in [2.75, 3.05) is 11.9 Å². The van der Waals surface area contributed by atoms with Crippen LogP contribution in [0.5, 0.6) is 5.75 Å². The SMILES string of the molecule is O=C1Nc2ccccc2[C@]12CCN[C@H]2c1ccc(O)c(Cl)c1. The van der Waals surface area contributed by atoms with Gasteiger partial charge in [-0.25, -0.2) is 0 Å². The molecule has 2 heterocycles. The number of benzene rings is 2. The molecule has 0 bridgehead atoms. The van der Waals surface area contributed by atoms with E-state index in [0.717, 1.165) is 29.8 Å². The van der Waals surface area contributed by atoms with Gasteiger partial charge in [0.05, 0.1) is 16.5 Å². The molecule has 1 fully saturated rings. The van der Waals surface area contributed by atoms with Crippen LogP contribution in [0, 0.1) is 0 Å². The molecule has 0 aliphatic carbocycles. The highest BCUT2D eigenvalue weighted by molar-refractivity contribution is 6.32. The number of anilines is 1. The van der Waals surface area contributed by atoms with Crippen molar-refractivity contribution in [3.8, 4) is 5.75 Å². The molecule has 2 aliphatic heterocycles. The number of phenolic OH excluding ortho intramolecular Hbond substituents is 1. The maximum Gasteiger partial charge on any atom is 0.237 e. The maximum absolute atomic E-state index is 12.8. The summed E-state index contributed by atoms with van der Waals surface area (Å²) in [6, 6.07) is 12.8. The average Bonchev–Trinajstić information content (AvgIpc) is 3.07. The molecule has 0 unspecified atom stereocenters. The van der Waals surface area contributed by atoms with Gasteiger partial charge in [0.2, 0.25) is 5.91 Å². The number of fused-ring (bicyclic) bond motifs is 2. The number of hydrogen-bond acceptors (Lipinski definition) is 3. The summed E-state index contributed by atoms with van der Waals surface area (Å²) >= 11 is 6.05. The summed E-state index contributed by atoms with van der Waals surface area (Å²) in [7, 11) is 0. The van der Waals surface area contributed by atoms with Crippen molar-refractivity contribution in [2.24, 2.45) is 0 Å². The summed E-state index contributed by atoms with van der Waals surface area (Å²) in [5.74, 6) is 0.0710. The number of carbonyl (C=O) groups is 1. The van der Waals surface area contributed by atoms with Crippen molar-refractivity contribution in [2.45, 2.75) is 17.9 Å². The first-order valence-electron chi connectivity index (χ1n) is 7.26. The van der Waals surface area contributed by atoms with Gasteiger partial charge in [0.1, 0.15) is 5.75 Å². The first kappa shape index (κ1) is 13.6. The second kappa shape index (κ2) is 4.73. The Hall–Kier alpha value is -2.04. The van der Waals surface area contributed by atoms with Gasteiger partial charge in [0.25, 0.3) is 0 Å². The Kier molecular flexibility index (Phi) is 2.93. The molecule has 1 amide bonds. The van der Waals surface area contributed by atoms with Gasteiger partial charge in [0, 0.05) is 5.69 Å². The molecular weight excluding hydrogens is 300 g/mol. The first-order chi connectivity index (χ1) is 10.6. The molecule has 0 saturated carbocycles. The quantitative estimate of drug-likeness (QED) is 0.758. The van der Waals surface area contributed by atoms with Crippen LogP contribution in [0.15, 0.2) is 42.5 Å². The summed E-state index contributed by atoms with van der Waals surface area (Å²) in [5, 5.41) is 16.3. The molecule has 4 nitrogen and oxygen atoms in total. The van der Waals surface area contributed by atoms with Crippen molar-refractivity contribution in [3.05, 3.63) is 58.6 Å². The highest BCUT2D eigenvalue weighted by Gasteiger charge is 2.55. The normalized spacial score (nSPS) is 26.2. The molecule has 3 N–H and O–H groups in total. The lowest BCUT2D eigenvalue weighted by Gasteiger charge is -2.29. The Bertz CT molecular complexity index is 777. The predicted octanol–water partition coefficient (Wildman–Crippen LogP) is 2.97. The molecule has 2 aliphatic rings.